The molecular weight excluding hydrogens is 317 g/mol. The molecule has 1 aliphatic heterocycles. The lowest BCUT2D eigenvalue weighted by Crippen LogP contribution is -2.41. The van der Waals surface area contributed by atoms with Gasteiger partial charge < -0.3 is 16.8 Å². The van der Waals surface area contributed by atoms with Crippen molar-refractivity contribution < 1.29 is 14.0 Å². The molecule has 1 aromatic carbocycles. The molecule has 24 heavy (non-hydrogen) atoms. The summed E-state index contributed by atoms with van der Waals surface area (Å²) in [5.41, 5.74) is 9.49. The van der Waals surface area contributed by atoms with Crippen molar-refractivity contribution in [2.24, 2.45) is 0 Å². The number of nitrogens with two attached hydrogens (primary N) is 2. The molecule has 0 saturated carbocycles. The summed E-state index contributed by atoms with van der Waals surface area (Å²) >= 11 is 0. The summed E-state index contributed by atoms with van der Waals surface area (Å²) in [5.74, 6) is -1.41. The highest BCUT2D eigenvalue weighted by atomic mass is 19.1. The highest BCUT2D eigenvalue weighted by Gasteiger charge is 2.50. The lowest BCUT2D eigenvalue weighted by atomic mass is 9.91. The third-order valence-electron chi connectivity index (χ3n) is 3.70. The Kier molecular flexibility index (Phi) is 3.51. The van der Waals surface area contributed by atoms with Crippen molar-refractivity contribution in [3.8, 4) is 0 Å². The topological polar surface area (TPSA) is 140 Å². The predicted octanol–water partition coefficient (Wildman–Crippen LogP) is 0.142. The minimum Gasteiger partial charge on any atom is -0.368 e. The standard InChI is InChI=1S/C14H14FN7O2/c1-14(7-4-2-3-5-8(7)15)10(23)22(13(24)21-14)6-9-18-11(16)20-12(17)19-9/h2-5H,6H2,1H3,(H,21,24)(H4,16,17,18,19,20). The number of urea groups is 1. The molecule has 1 saturated heterocycles. The quantitative estimate of drug-likeness (QED) is 0.680. The van der Waals surface area contributed by atoms with Gasteiger partial charge in [0.2, 0.25) is 11.9 Å². The zero-order chi connectivity index (χ0) is 17.5. The molecule has 1 unspecified atom stereocenters. The maximum absolute atomic E-state index is 14.1. The van der Waals surface area contributed by atoms with Crippen LogP contribution in [0.4, 0.5) is 21.1 Å². The van der Waals surface area contributed by atoms with Gasteiger partial charge in [0.1, 0.15) is 11.4 Å². The van der Waals surface area contributed by atoms with E-state index in [0.29, 0.717) is 0 Å². The first-order valence-electron chi connectivity index (χ1n) is 6.96. The Hall–Kier alpha value is -3.30. The third kappa shape index (κ3) is 2.47. The van der Waals surface area contributed by atoms with Crippen LogP contribution in [0.2, 0.25) is 0 Å². The summed E-state index contributed by atoms with van der Waals surface area (Å²) in [6.07, 6.45) is 0. The summed E-state index contributed by atoms with van der Waals surface area (Å²) in [6, 6.07) is 5.05. The van der Waals surface area contributed by atoms with Crippen molar-refractivity contribution in [3.63, 3.8) is 0 Å². The second-order valence-corrected chi connectivity index (χ2v) is 5.39. The summed E-state index contributed by atoms with van der Waals surface area (Å²) in [7, 11) is 0. The van der Waals surface area contributed by atoms with Gasteiger partial charge >= 0.3 is 6.03 Å². The summed E-state index contributed by atoms with van der Waals surface area (Å²) in [4.78, 5) is 37.1. The van der Waals surface area contributed by atoms with Crippen molar-refractivity contribution in [2.75, 3.05) is 11.5 Å². The first kappa shape index (κ1) is 15.6. The maximum Gasteiger partial charge on any atom is 0.325 e. The van der Waals surface area contributed by atoms with Crippen molar-refractivity contribution in [1.82, 2.24) is 25.2 Å². The van der Waals surface area contributed by atoms with Gasteiger partial charge in [0.05, 0.1) is 6.54 Å². The Morgan fingerprint density at radius 3 is 2.42 bits per heavy atom. The number of nitrogens with one attached hydrogen (secondary N) is 1. The Morgan fingerprint density at radius 2 is 1.79 bits per heavy atom. The van der Waals surface area contributed by atoms with E-state index in [1.54, 1.807) is 6.07 Å². The first-order valence-corrected chi connectivity index (χ1v) is 6.96. The minimum absolute atomic E-state index is 0.0567. The smallest absolute Gasteiger partial charge is 0.325 e. The number of anilines is 2. The molecule has 0 spiro atoms. The maximum atomic E-state index is 14.1. The van der Waals surface area contributed by atoms with Crippen molar-refractivity contribution in [2.45, 2.75) is 19.0 Å². The van der Waals surface area contributed by atoms with Gasteiger partial charge in [-0.15, -0.1) is 0 Å². The lowest BCUT2D eigenvalue weighted by Gasteiger charge is -2.22. The van der Waals surface area contributed by atoms with Crippen LogP contribution in [-0.4, -0.2) is 31.8 Å². The molecule has 1 aliphatic rings. The van der Waals surface area contributed by atoms with Crippen LogP contribution in [0.3, 0.4) is 0 Å². The predicted molar refractivity (Wildman–Crippen MR) is 81.5 cm³/mol. The van der Waals surface area contributed by atoms with Crippen molar-refractivity contribution in [3.05, 3.63) is 41.5 Å². The first-order chi connectivity index (χ1) is 11.3. The van der Waals surface area contributed by atoms with Gasteiger partial charge in [0.15, 0.2) is 5.82 Å². The van der Waals surface area contributed by atoms with Crippen LogP contribution in [0.5, 0.6) is 0 Å². The van der Waals surface area contributed by atoms with E-state index in [1.165, 1.54) is 25.1 Å². The third-order valence-corrected chi connectivity index (χ3v) is 3.70. The molecule has 1 fully saturated rings. The highest BCUT2D eigenvalue weighted by Crippen LogP contribution is 2.31. The summed E-state index contributed by atoms with van der Waals surface area (Å²) in [6.45, 7) is 1.17. The summed E-state index contributed by atoms with van der Waals surface area (Å²) < 4.78 is 14.1. The molecular formula is C14H14FN7O2. The normalized spacial score (nSPS) is 20.3. The van der Waals surface area contributed by atoms with Crippen LogP contribution in [0.15, 0.2) is 24.3 Å². The van der Waals surface area contributed by atoms with Crippen LogP contribution in [0.25, 0.3) is 0 Å². The molecule has 2 aromatic rings. The molecule has 10 heteroatoms. The molecule has 9 nitrogen and oxygen atoms in total. The molecule has 0 aliphatic carbocycles. The Morgan fingerprint density at radius 1 is 1.17 bits per heavy atom. The van der Waals surface area contributed by atoms with Crippen LogP contribution in [-0.2, 0) is 16.9 Å². The SMILES string of the molecule is CC1(c2ccccc2F)NC(=O)N(Cc2nc(N)nc(N)n2)C1=O. The number of nitrogen functional groups attached to an aromatic ring is 2. The summed E-state index contributed by atoms with van der Waals surface area (Å²) in [5, 5.41) is 2.50. The van der Waals surface area contributed by atoms with Crippen molar-refractivity contribution >= 4 is 23.8 Å². The Labute approximate surface area is 135 Å². The van der Waals surface area contributed by atoms with Crippen molar-refractivity contribution in [1.29, 1.82) is 0 Å². The second-order valence-electron chi connectivity index (χ2n) is 5.39. The molecule has 1 aromatic heterocycles. The number of carbonyl (C=O) groups excluding carboxylic acids is 2. The van der Waals surface area contributed by atoms with E-state index in [0.717, 1.165) is 4.90 Å². The molecule has 2 heterocycles. The average Bonchev–Trinajstić information content (AvgIpc) is 2.71. The van der Waals surface area contributed by atoms with Gasteiger partial charge in [-0.1, -0.05) is 18.2 Å². The van der Waals surface area contributed by atoms with Crippen LogP contribution in [0, 0.1) is 5.82 Å². The number of hydrogen-bond acceptors (Lipinski definition) is 7. The number of aromatic nitrogens is 3. The molecule has 5 N–H and O–H groups in total. The van der Waals surface area contributed by atoms with E-state index >= 15 is 0 Å². The Bertz CT molecular complexity index is 823. The fraction of sp³-hybridized carbons (Fsp3) is 0.214. The molecule has 0 radical (unpaired) electrons. The molecule has 1 atom stereocenters. The molecule has 3 rings (SSSR count). The fourth-order valence-electron chi connectivity index (χ4n) is 2.56. The van der Waals surface area contributed by atoms with Crippen LogP contribution >= 0.6 is 0 Å². The fourth-order valence-corrected chi connectivity index (χ4v) is 2.56. The second kappa shape index (κ2) is 5.41. The number of nitrogens with zero attached hydrogens (tertiary/aromatic N) is 4. The van der Waals surface area contributed by atoms with Gasteiger partial charge in [-0.05, 0) is 13.0 Å². The van der Waals surface area contributed by atoms with Gasteiger partial charge in [-0.25, -0.2) is 9.18 Å². The number of halogens is 1. The number of hydrogen-bond donors (Lipinski definition) is 3. The van der Waals surface area contributed by atoms with E-state index in [1.807, 2.05) is 0 Å². The van der Waals surface area contributed by atoms with Gasteiger partial charge in [-0.3, -0.25) is 9.69 Å². The minimum atomic E-state index is -1.52. The van der Waals surface area contributed by atoms with Crippen LogP contribution < -0.4 is 16.8 Å². The monoisotopic (exact) mass is 331 g/mol. The average molecular weight is 331 g/mol. The van der Waals surface area contributed by atoms with Gasteiger partial charge in [-0.2, -0.15) is 15.0 Å². The lowest BCUT2D eigenvalue weighted by molar-refractivity contribution is -0.131. The Balaban J connectivity index is 1.93. The zero-order valence-electron chi connectivity index (χ0n) is 12.7. The molecule has 0 bridgehead atoms. The van der Waals surface area contributed by atoms with E-state index in [-0.39, 0.29) is 29.8 Å². The number of carbonyl (C=O) groups is 2. The number of imide groups is 1. The van der Waals surface area contributed by atoms with E-state index in [9.17, 15) is 14.0 Å². The van der Waals surface area contributed by atoms with E-state index in [2.05, 4.69) is 20.3 Å². The van der Waals surface area contributed by atoms with E-state index in [4.69, 9.17) is 11.5 Å². The number of amides is 3. The molecule has 3 amide bonds. The largest absolute Gasteiger partial charge is 0.368 e. The number of rotatable bonds is 3. The highest BCUT2D eigenvalue weighted by molar-refractivity contribution is 6.07. The van der Waals surface area contributed by atoms with Gasteiger partial charge in [0.25, 0.3) is 5.91 Å². The van der Waals surface area contributed by atoms with E-state index < -0.39 is 23.3 Å². The van der Waals surface area contributed by atoms with Crippen LogP contribution in [0.1, 0.15) is 18.3 Å². The number of benzene rings is 1. The van der Waals surface area contributed by atoms with Gasteiger partial charge in [0, 0.05) is 5.56 Å². The zero-order valence-corrected chi connectivity index (χ0v) is 12.7. The molecule has 124 valence electrons.